The Bertz CT molecular complexity index is 1160. The van der Waals surface area contributed by atoms with Crippen molar-refractivity contribution >= 4 is 17.5 Å². The Labute approximate surface area is 184 Å². The summed E-state index contributed by atoms with van der Waals surface area (Å²) in [5, 5.41) is 19.8. The van der Waals surface area contributed by atoms with Gasteiger partial charge in [-0.1, -0.05) is 18.2 Å². The zero-order valence-electron chi connectivity index (χ0n) is 17.8. The highest BCUT2D eigenvalue weighted by molar-refractivity contribution is 6.06. The number of fused-ring (bicyclic) bond motifs is 1. The molecule has 1 atom stereocenters. The number of aromatic nitrogens is 3. The number of ether oxygens (including phenoxy) is 1. The Morgan fingerprint density at radius 1 is 1.25 bits per heavy atom. The van der Waals surface area contributed by atoms with Gasteiger partial charge in [0, 0.05) is 30.0 Å². The molecule has 0 aliphatic carbocycles. The van der Waals surface area contributed by atoms with E-state index in [-0.39, 0.29) is 18.3 Å². The van der Waals surface area contributed by atoms with Crippen LogP contribution in [-0.4, -0.2) is 39.5 Å². The minimum atomic E-state index is -0.599. The molecule has 2 aromatic carbocycles. The number of carbonyl (C=O) groups is 1. The number of benzene rings is 2. The molecule has 1 amide bonds. The van der Waals surface area contributed by atoms with E-state index in [0.29, 0.717) is 47.3 Å². The second-order valence-electron chi connectivity index (χ2n) is 7.39. The van der Waals surface area contributed by atoms with Gasteiger partial charge in [-0.2, -0.15) is 10.1 Å². The fourth-order valence-corrected chi connectivity index (χ4v) is 3.74. The Balaban J connectivity index is 1.78. The van der Waals surface area contributed by atoms with Crippen LogP contribution in [0.15, 0.2) is 59.8 Å². The average molecular weight is 437 g/mol. The summed E-state index contributed by atoms with van der Waals surface area (Å²) in [5.74, 6) is 0.944. The highest BCUT2D eigenvalue weighted by atomic mass is 19.1. The van der Waals surface area contributed by atoms with E-state index in [1.54, 1.807) is 18.7 Å². The lowest BCUT2D eigenvalue weighted by atomic mass is 9.94. The maximum absolute atomic E-state index is 13.4. The van der Waals surface area contributed by atoms with E-state index < -0.39 is 6.04 Å². The van der Waals surface area contributed by atoms with Crippen LogP contribution >= 0.6 is 0 Å². The number of allylic oxidation sites excluding steroid dienone is 1. The van der Waals surface area contributed by atoms with Gasteiger partial charge in [0.2, 0.25) is 5.95 Å². The summed E-state index contributed by atoms with van der Waals surface area (Å²) >= 11 is 0. The van der Waals surface area contributed by atoms with Gasteiger partial charge in [0.15, 0.2) is 5.82 Å². The fraction of sp³-hybridized carbons (Fsp3) is 0.261. The summed E-state index contributed by atoms with van der Waals surface area (Å²) in [6.07, 6.45) is 1.04. The quantitative estimate of drug-likeness (QED) is 0.524. The Hall–Kier alpha value is -3.72. The standard InChI is InChI=1S/C23H24FN5O3/c1-14-20(22(31)26-16-11-9-15(24)10-12-16)21(17-6-3-4-7-18(17)32-2)29-23(25-14)27-19(28-29)8-5-13-30/h3-4,6-7,9-12,21,30H,5,8,13H2,1-2H3,(H,26,31)(H,25,27,28)/t21-/m0/s1. The molecule has 0 saturated heterocycles. The van der Waals surface area contributed by atoms with Gasteiger partial charge in [0.1, 0.15) is 17.6 Å². The first kappa shape index (κ1) is 21.5. The van der Waals surface area contributed by atoms with Gasteiger partial charge in [-0.3, -0.25) is 4.79 Å². The highest BCUT2D eigenvalue weighted by Crippen LogP contribution is 2.39. The zero-order chi connectivity index (χ0) is 22.7. The molecule has 32 heavy (non-hydrogen) atoms. The van der Waals surface area contributed by atoms with Crippen LogP contribution < -0.4 is 15.4 Å². The van der Waals surface area contributed by atoms with Gasteiger partial charge < -0.3 is 20.5 Å². The molecule has 3 N–H and O–H groups in total. The maximum Gasteiger partial charge on any atom is 0.255 e. The van der Waals surface area contributed by atoms with Gasteiger partial charge in [-0.05, 0) is 43.7 Å². The molecule has 0 unspecified atom stereocenters. The normalized spacial score (nSPS) is 15.2. The third kappa shape index (κ3) is 4.19. The number of carbonyl (C=O) groups excluding carboxylic acids is 1. The van der Waals surface area contributed by atoms with Gasteiger partial charge in [0.25, 0.3) is 5.91 Å². The van der Waals surface area contributed by atoms with Gasteiger partial charge >= 0.3 is 0 Å². The van der Waals surface area contributed by atoms with Gasteiger partial charge in [-0.15, -0.1) is 0 Å². The van der Waals surface area contributed by atoms with Crippen molar-refractivity contribution in [2.24, 2.45) is 0 Å². The fourth-order valence-electron chi connectivity index (χ4n) is 3.74. The molecular weight excluding hydrogens is 413 g/mol. The summed E-state index contributed by atoms with van der Waals surface area (Å²) in [7, 11) is 1.57. The second-order valence-corrected chi connectivity index (χ2v) is 7.39. The molecule has 0 radical (unpaired) electrons. The number of aliphatic hydroxyl groups is 1. The Morgan fingerprint density at radius 2 is 2.00 bits per heavy atom. The summed E-state index contributed by atoms with van der Waals surface area (Å²) < 4.78 is 20.5. The number of nitrogens with one attached hydrogen (secondary N) is 2. The van der Waals surface area contributed by atoms with Gasteiger partial charge in [0.05, 0.1) is 12.7 Å². The number of aryl methyl sites for hydroxylation is 1. The van der Waals surface area contributed by atoms with E-state index in [2.05, 4.69) is 20.7 Å². The first-order chi connectivity index (χ1) is 15.5. The summed E-state index contributed by atoms with van der Waals surface area (Å²) in [4.78, 5) is 17.9. The average Bonchev–Trinajstić information content (AvgIpc) is 3.20. The van der Waals surface area contributed by atoms with E-state index in [0.717, 1.165) is 5.56 Å². The molecule has 1 aliphatic rings. The number of rotatable bonds is 7. The smallest absolute Gasteiger partial charge is 0.255 e. The lowest BCUT2D eigenvalue weighted by Gasteiger charge is -2.29. The van der Waals surface area contributed by atoms with Crippen molar-refractivity contribution in [2.75, 3.05) is 24.4 Å². The molecule has 0 spiro atoms. The number of halogens is 1. The largest absolute Gasteiger partial charge is 0.496 e. The number of nitrogens with zero attached hydrogens (tertiary/aromatic N) is 3. The first-order valence-corrected chi connectivity index (χ1v) is 10.3. The summed E-state index contributed by atoms with van der Waals surface area (Å²) in [6.45, 7) is 1.84. The number of anilines is 2. The monoisotopic (exact) mass is 437 g/mol. The molecule has 1 aromatic heterocycles. The van der Waals surface area contributed by atoms with E-state index in [9.17, 15) is 9.18 Å². The number of amides is 1. The second kappa shape index (κ2) is 9.19. The minimum Gasteiger partial charge on any atom is -0.496 e. The van der Waals surface area contributed by atoms with Crippen molar-refractivity contribution in [3.63, 3.8) is 0 Å². The van der Waals surface area contributed by atoms with E-state index in [4.69, 9.17) is 9.84 Å². The van der Waals surface area contributed by atoms with Crippen molar-refractivity contribution in [2.45, 2.75) is 25.8 Å². The molecule has 0 bridgehead atoms. The zero-order valence-corrected chi connectivity index (χ0v) is 17.8. The SMILES string of the molecule is COc1ccccc1[C@H]1C(C(=O)Nc2ccc(F)cc2)=C(C)Nc2nc(CCCO)nn21. The number of hydrogen-bond acceptors (Lipinski definition) is 6. The van der Waals surface area contributed by atoms with Gasteiger partial charge in [-0.25, -0.2) is 9.07 Å². The molecule has 1 aliphatic heterocycles. The maximum atomic E-state index is 13.4. The van der Waals surface area contributed by atoms with Crippen LogP contribution in [0.3, 0.4) is 0 Å². The van der Waals surface area contributed by atoms with Crippen LogP contribution in [0.1, 0.15) is 30.8 Å². The lowest BCUT2D eigenvalue weighted by Crippen LogP contribution is -2.31. The highest BCUT2D eigenvalue weighted by Gasteiger charge is 2.35. The molecule has 166 valence electrons. The third-order valence-electron chi connectivity index (χ3n) is 5.24. The number of aliphatic hydroxyl groups excluding tert-OH is 1. The van der Waals surface area contributed by atoms with E-state index in [1.807, 2.05) is 24.3 Å². The van der Waals surface area contributed by atoms with E-state index >= 15 is 0 Å². The summed E-state index contributed by atoms with van der Waals surface area (Å²) in [5.41, 5.74) is 2.28. The van der Waals surface area contributed by atoms with Crippen molar-refractivity contribution in [1.29, 1.82) is 0 Å². The van der Waals surface area contributed by atoms with Crippen LogP contribution in [0.5, 0.6) is 5.75 Å². The molecule has 2 heterocycles. The molecule has 3 aromatic rings. The molecule has 0 fully saturated rings. The number of hydrogen-bond donors (Lipinski definition) is 3. The van der Waals surface area contributed by atoms with Crippen molar-refractivity contribution in [3.05, 3.63) is 77.0 Å². The predicted molar refractivity (Wildman–Crippen MR) is 118 cm³/mol. The minimum absolute atomic E-state index is 0.0375. The first-order valence-electron chi connectivity index (χ1n) is 10.3. The number of methoxy groups -OCH3 is 1. The van der Waals surface area contributed by atoms with Crippen molar-refractivity contribution in [1.82, 2.24) is 14.8 Å². The van der Waals surface area contributed by atoms with Crippen LogP contribution in [-0.2, 0) is 11.2 Å². The lowest BCUT2D eigenvalue weighted by molar-refractivity contribution is -0.113. The number of para-hydroxylation sites is 1. The molecule has 9 heteroatoms. The van der Waals surface area contributed by atoms with Crippen LogP contribution in [0.4, 0.5) is 16.0 Å². The van der Waals surface area contributed by atoms with Crippen LogP contribution in [0.25, 0.3) is 0 Å². The van der Waals surface area contributed by atoms with Crippen molar-refractivity contribution in [3.8, 4) is 5.75 Å². The summed E-state index contributed by atoms with van der Waals surface area (Å²) in [6, 6.07) is 12.4. The Kier molecular flexibility index (Phi) is 6.18. The van der Waals surface area contributed by atoms with Crippen molar-refractivity contribution < 1.29 is 19.0 Å². The molecule has 0 saturated carbocycles. The predicted octanol–water partition coefficient (Wildman–Crippen LogP) is 3.28. The topological polar surface area (TPSA) is 101 Å². The molecule has 4 rings (SSSR count). The molecule has 8 nitrogen and oxygen atoms in total. The van der Waals surface area contributed by atoms with Crippen LogP contribution in [0, 0.1) is 5.82 Å². The Morgan fingerprint density at radius 3 is 2.72 bits per heavy atom. The van der Waals surface area contributed by atoms with Crippen LogP contribution in [0.2, 0.25) is 0 Å². The third-order valence-corrected chi connectivity index (χ3v) is 5.24. The molecular formula is C23H24FN5O3. The van der Waals surface area contributed by atoms with E-state index in [1.165, 1.54) is 24.3 Å².